The number of likely N-dealkylation sites (N-methyl/N-ethyl adjacent to an activating group) is 1. The van der Waals surface area contributed by atoms with Crippen molar-refractivity contribution in [2.24, 2.45) is 5.73 Å². The van der Waals surface area contributed by atoms with Crippen molar-refractivity contribution in [3.63, 3.8) is 0 Å². The average Bonchev–Trinajstić information content (AvgIpc) is 2.44. The molecule has 1 aromatic carbocycles. The topological polar surface area (TPSA) is 107 Å². The van der Waals surface area contributed by atoms with E-state index in [0.29, 0.717) is 12.8 Å². The summed E-state index contributed by atoms with van der Waals surface area (Å²) >= 11 is 0. The van der Waals surface area contributed by atoms with Gasteiger partial charge < -0.3 is 15.8 Å². The molecule has 1 atom stereocenters. The molecule has 116 valence electrons. The number of nitrogens with zero attached hydrogens (tertiary/aromatic N) is 1. The molecule has 1 unspecified atom stereocenters. The summed E-state index contributed by atoms with van der Waals surface area (Å²) in [4.78, 5) is 21.8. The summed E-state index contributed by atoms with van der Waals surface area (Å²) in [6.07, 6.45) is 1.03. The number of hydrogen-bond acceptors (Lipinski definition) is 5. The maximum atomic E-state index is 11.3. The van der Waals surface area contributed by atoms with Gasteiger partial charge in [0, 0.05) is 6.07 Å². The lowest BCUT2D eigenvalue weighted by atomic mass is 9.95. The number of nitrogens with one attached hydrogen (secondary N) is 1. The third-order valence-corrected chi connectivity index (χ3v) is 3.49. The number of ether oxygens (including phenoxy) is 1. The standard InChI is InChI=1S/C14H21N3O4/c1-10-5-6-12(11(9-10)17(19)20)21-8-4-7-14(2,16-3)13(15)18/h5-6,9,16H,4,7-8H2,1-3H3,(H2,15,18). The molecule has 7 nitrogen and oxygen atoms in total. The lowest BCUT2D eigenvalue weighted by molar-refractivity contribution is -0.385. The summed E-state index contributed by atoms with van der Waals surface area (Å²) in [5, 5.41) is 13.8. The summed E-state index contributed by atoms with van der Waals surface area (Å²) in [7, 11) is 1.66. The molecule has 0 saturated heterocycles. The fourth-order valence-electron chi connectivity index (χ4n) is 1.87. The van der Waals surface area contributed by atoms with E-state index >= 15 is 0 Å². The normalized spacial score (nSPS) is 13.5. The first kappa shape index (κ1) is 16.9. The molecule has 0 bridgehead atoms. The number of primary amides is 1. The van der Waals surface area contributed by atoms with Gasteiger partial charge in [-0.25, -0.2) is 0 Å². The second kappa shape index (κ2) is 7.03. The molecule has 1 aromatic rings. The van der Waals surface area contributed by atoms with E-state index < -0.39 is 16.4 Å². The summed E-state index contributed by atoms with van der Waals surface area (Å²) in [5.41, 5.74) is 5.26. The average molecular weight is 295 g/mol. The number of amides is 1. The summed E-state index contributed by atoms with van der Waals surface area (Å²) in [5.74, 6) is -0.206. The van der Waals surface area contributed by atoms with Gasteiger partial charge in [0.25, 0.3) is 0 Å². The molecule has 0 heterocycles. The van der Waals surface area contributed by atoms with Gasteiger partial charge in [-0.15, -0.1) is 0 Å². The molecule has 1 rings (SSSR count). The third kappa shape index (κ3) is 4.42. The van der Waals surface area contributed by atoms with Crippen LogP contribution in [0.15, 0.2) is 18.2 Å². The van der Waals surface area contributed by atoms with Crippen LogP contribution in [0, 0.1) is 17.0 Å². The van der Waals surface area contributed by atoms with Gasteiger partial charge >= 0.3 is 5.69 Å². The van der Waals surface area contributed by atoms with Crippen LogP contribution >= 0.6 is 0 Å². The third-order valence-electron chi connectivity index (χ3n) is 3.49. The predicted octanol–water partition coefficient (Wildman–Crippen LogP) is 1.53. The van der Waals surface area contributed by atoms with Crippen molar-refractivity contribution in [1.29, 1.82) is 0 Å². The Hall–Kier alpha value is -2.15. The number of aryl methyl sites for hydroxylation is 1. The highest BCUT2D eigenvalue weighted by Crippen LogP contribution is 2.28. The van der Waals surface area contributed by atoms with Gasteiger partial charge in [-0.05, 0) is 45.4 Å². The largest absolute Gasteiger partial charge is 0.487 e. The number of hydrogen-bond donors (Lipinski definition) is 2. The van der Waals surface area contributed by atoms with Crippen LogP contribution in [-0.2, 0) is 4.79 Å². The molecule has 0 aliphatic carbocycles. The SMILES string of the molecule is CNC(C)(CCCOc1ccc(C)cc1[N+](=O)[O-])C(N)=O. The summed E-state index contributed by atoms with van der Waals surface area (Å²) in [6.45, 7) is 3.76. The second-order valence-electron chi connectivity index (χ2n) is 5.13. The molecule has 0 aromatic heterocycles. The molecule has 21 heavy (non-hydrogen) atoms. The van der Waals surface area contributed by atoms with Gasteiger partial charge in [0.2, 0.25) is 5.91 Å². The first-order valence-corrected chi connectivity index (χ1v) is 6.67. The Morgan fingerprint density at radius 3 is 2.71 bits per heavy atom. The van der Waals surface area contributed by atoms with Crippen LogP contribution in [0.1, 0.15) is 25.3 Å². The lowest BCUT2D eigenvalue weighted by Crippen LogP contribution is -2.51. The molecule has 0 radical (unpaired) electrons. The molecule has 0 aliphatic rings. The number of nitrogens with two attached hydrogens (primary N) is 1. The zero-order valence-electron chi connectivity index (χ0n) is 12.5. The predicted molar refractivity (Wildman–Crippen MR) is 79.2 cm³/mol. The Bertz CT molecular complexity index is 533. The minimum atomic E-state index is -0.803. The van der Waals surface area contributed by atoms with E-state index in [2.05, 4.69) is 5.32 Å². The Morgan fingerprint density at radius 2 is 2.19 bits per heavy atom. The van der Waals surface area contributed by atoms with E-state index in [1.54, 1.807) is 33.0 Å². The Labute approximate surface area is 123 Å². The smallest absolute Gasteiger partial charge is 0.311 e. The number of benzene rings is 1. The number of nitro groups is 1. The van der Waals surface area contributed by atoms with E-state index in [0.717, 1.165) is 5.56 Å². The van der Waals surface area contributed by atoms with Crippen LogP contribution in [0.2, 0.25) is 0 Å². The molecule has 0 saturated carbocycles. The van der Waals surface area contributed by atoms with Crippen LogP contribution < -0.4 is 15.8 Å². The Kier molecular flexibility index (Phi) is 5.66. The van der Waals surface area contributed by atoms with Gasteiger partial charge in [-0.3, -0.25) is 14.9 Å². The van der Waals surface area contributed by atoms with Crippen molar-refractivity contribution in [2.75, 3.05) is 13.7 Å². The van der Waals surface area contributed by atoms with Crippen LogP contribution in [0.3, 0.4) is 0 Å². The van der Waals surface area contributed by atoms with E-state index in [4.69, 9.17) is 10.5 Å². The monoisotopic (exact) mass is 295 g/mol. The zero-order chi connectivity index (χ0) is 16.0. The quantitative estimate of drug-likeness (QED) is 0.429. The fourth-order valence-corrected chi connectivity index (χ4v) is 1.87. The minimum Gasteiger partial charge on any atom is -0.487 e. The summed E-state index contributed by atoms with van der Waals surface area (Å²) < 4.78 is 5.45. The van der Waals surface area contributed by atoms with Gasteiger partial charge in [0.15, 0.2) is 5.75 Å². The highest BCUT2D eigenvalue weighted by atomic mass is 16.6. The van der Waals surface area contributed by atoms with Crippen molar-refractivity contribution in [1.82, 2.24) is 5.32 Å². The van der Waals surface area contributed by atoms with Gasteiger partial charge in [-0.2, -0.15) is 0 Å². The van der Waals surface area contributed by atoms with E-state index in [1.165, 1.54) is 6.07 Å². The minimum absolute atomic E-state index is 0.0544. The molecule has 0 spiro atoms. The first-order valence-electron chi connectivity index (χ1n) is 6.67. The molecule has 1 amide bonds. The van der Waals surface area contributed by atoms with Crippen LogP contribution in [0.4, 0.5) is 5.69 Å². The highest BCUT2D eigenvalue weighted by molar-refractivity contribution is 5.84. The number of carbonyl (C=O) groups excluding carboxylic acids is 1. The second-order valence-corrected chi connectivity index (χ2v) is 5.13. The van der Waals surface area contributed by atoms with Gasteiger partial charge in [0.05, 0.1) is 17.1 Å². The number of carbonyl (C=O) groups is 1. The molecular formula is C14H21N3O4. The maximum Gasteiger partial charge on any atom is 0.311 e. The van der Waals surface area contributed by atoms with Crippen molar-refractivity contribution < 1.29 is 14.5 Å². The molecule has 0 fully saturated rings. The van der Waals surface area contributed by atoms with E-state index in [9.17, 15) is 14.9 Å². The van der Waals surface area contributed by atoms with Crippen molar-refractivity contribution in [2.45, 2.75) is 32.2 Å². The molecule has 0 aliphatic heterocycles. The van der Waals surface area contributed by atoms with Gasteiger partial charge in [0.1, 0.15) is 0 Å². The van der Waals surface area contributed by atoms with E-state index in [-0.39, 0.29) is 18.0 Å². The van der Waals surface area contributed by atoms with Crippen LogP contribution in [-0.4, -0.2) is 30.0 Å². The van der Waals surface area contributed by atoms with Crippen LogP contribution in [0.5, 0.6) is 5.75 Å². The number of rotatable bonds is 8. The Morgan fingerprint density at radius 1 is 1.52 bits per heavy atom. The molecule has 7 heteroatoms. The van der Waals surface area contributed by atoms with Gasteiger partial charge in [-0.1, -0.05) is 6.07 Å². The molecule has 3 N–H and O–H groups in total. The van der Waals surface area contributed by atoms with Crippen LogP contribution in [0.25, 0.3) is 0 Å². The van der Waals surface area contributed by atoms with Crippen molar-refractivity contribution in [3.8, 4) is 5.75 Å². The van der Waals surface area contributed by atoms with E-state index in [1.807, 2.05) is 0 Å². The lowest BCUT2D eigenvalue weighted by Gasteiger charge is -2.25. The first-order chi connectivity index (χ1) is 9.80. The molecular weight excluding hydrogens is 274 g/mol. The highest BCUT2D eigenvalue weighted by Gasteiger charge is 2.28. The number of nitro benzene ring substituents is 1. The summed E-state index contributed by atoms with van der Waals surface area (Å²) in [6, 6.07) is 4.80. The Balaban J connectivity index is 2.61. The maximum absolute atomic E-state index is 11.3. The zero-order valence-corrected chi connectivity index (χ0v) is 12.5. The van der Waals surface area contributed by atoms with Crippen molar-refractivity contribution >= 4 is 11.6 Å². The van der Waals surface area contributed by atoms with Crippen molar-refractivity contribution in [3.05, 3.63) is 33.9 Å². The fraction of sp³-hybridized carbons (Fsp3) is 0.500.